The van der Waals surface area contributed by atoms with Gasteiger partial charge in [0, 0.05) is 11.7 Å². The Morgan fingerprint density at radius 1 is 1.17 bits per heavy atom. The van der Waals surface area contributed by atoms with Gasteiger partial charge >= 0.3 is 6.36 Å². The SMILES string of the molecule is Cc1cc(OC(F)(F)F)ccc1Nc1nc(NC2CCC(O)CC2)c2[nH]cnc2n1. The van der Waals surface area contributed by atoms with Crippen LogP contribution in [0.2, 0.25) is 0 Å². The smallest absolute Gasteiger partial charge is 0.406 e. The number of H-pyrrole nitrogens is 1. The van der Waals surface area contributed by atoms with Crippen molar-refractivity contribution in [2.45, 2.75) is 51.1 Å². The Hall–Kier alpha value is -3.08. The summed E-state index contributed by atoms with van der Waals surface area (Å²) in [5.41, 5.74) is 2.21. The van der Waals surface area contributed by atoms with E-state index in [0.717, 1.165) is 25.7 Å². The quantitative estimate of drug-likeness (QED) is 0.492. The first kappa shape index (κ1) is 20.2. The lowest BCUT2D eigenvalue weighted by Gasteiger charge is -2.26. The van der Waals surface area contributed by atoms with E-state index in [2.05, 4.69) is 35.3 Å². The summed E-state index contributed by atoms with van der Waals surface area (Å²) in [7, 11) is 0. The highest BCUT2D eigenvalue weighted by atomic mass is 19.4. The first-order valence-electron chi connectivity index (χ1n) is 9.56. The molecule has 0 saturated heterocycles. The van der Waals surface area contributed by atoms with E-state index in [1.807, 2.05) is 0 Å². The van der Waals surface area contributed by atoms with Crippen LogP contribution in [0.4, 0.5) is 30.6 Å². The molecule has 0 amide bonds. The van der Waals surface area contributed by atoms with Crippen molar-refractivity contribution in [3.63, 3.8) is 0 Å². The van der Waals surface area contributed by atoms with Crippen LogP contribution in [-0.4, -0.2) is 43.6 Å². The fourth-order valence-electron chi connectivity index (χ4n) is 3.50. The van der Waals surface area contributed by atoms with Gasteiger partial charge in [-0.1, -0.05) is 0 Å². The third kappa shape index (κ3) is 4.73. The number of imidazole rings is 1. The summed E-state index contributed by atoms with van der Waals surface area (Å²) in [6, 6.07) is 4.16. The van der Waals surface area contributed by atoms with Crippen LogP contribution in [0.1, 0.15) is 31.2 Å². The number of aryl methyl sites for hydroxylation is 1. The van der Waals surface area contributed by atoms with E-state index < -0.39 is 6.36 Å². The summed E-state index contributed by atoms with van der Waals surface area (Å²) < 4.78 is 41.2. The Bertz CT molecular complexity index is 1030. The molecule has 1 aromatic carbocycles. The molecule has 0 aliphatic heterocycles. The van der Waals surface area contributed by atoms with E-state index >= 15 is 0 Å². The Labute approximate surface area is 169 Å². The number of aromatic amines is 1. The molecule has 4 rings (SSSR count). The predicted molar refractivity (Wildman–Crippen MR) is 105 cm³/mol. The van der Waals surface area contributed by atoms with Gasteiger partial charge in [-0.2, -0.15) is 9.97 Å². The first-order valence-corrected chi connectivity index (χ1v) is 9.56. The number of rotatable bonds is 5. The van der Waals surface area contributed by atoms with Crippen molar-refractivity contribution in [2.75, 3.05) is 10.6 Å². The maximum absolute atomic E-state index is 12.4. The molecule has 0 spiro atoms. The van der Waals surface area contributed by atoms with E-state index in [1.54, 1.807) is 6.92 Å². The zero-order valence-electron chi connectivity index (χ0n) is 16.1. The number of hydrogen-bond donors (Lipinski definition) is 4. The van der Waals surface area contributed by atoms with Gasteiger partial charge in [-0.05, 0) is 56.4 Å². The van der Waals surface area contributed by atoms with Gasteiger partial charge in [0.25, 0.3) is 0 Å². The first-order chi connectivity index (χ1) is 14.3. The molecule has 8 nitrogen and oxygen atoms in total. The Balaban J connectivity index is 1.56. The second-order valence-corrected chi connectivity index (χ2v) is 7.30. The maximum atomic E-state index is 12.4. The van der Waals surface area contributed by atoms with Crippen molar-refractivity contribution in [1.29, 1.82) is 0 Å². The number of anilines is 3. The van der Waals surface area contributed by atoms with E-state index in [1.165, 1.54) is 24.5 Å². The number of aliphatic hydroxyl groups excluding tert-OH is 1. The third-order valence-electron chi connectivity index (χ3n) is 5.00. The van der Waals surface area contributed by atoms with Crippen LogP contribution >= 0.6 is 0 Å². The summed E-state index contributed by atoms with van der Waals surface area (Å²) in [4.78, 5) is 16.1. The lowest BCUT2D eigenvalue weighted by atomic mass is 9.93. The van der Waals surface area contributed by atoms with Crippen molar-refractivity contribution in [2.24, 2.45) is 0 Å². The van der Waals surface area contributed by atoms with Gasteiger partial charge in [0.15, 0.2) is 11.5 Å². The molecule has 3 aromatic rings. The van der Waals surface area contributed by atoms with Gasteiger partial charge in [-0.3, -0.25) is 0 Å². The van der Waals surface area contributed by atoms with Crippen LogP contribution in [0.5, 0.6) is 5.75 Å². The number of halogens is 3. The van der Waals surface area contributed by atoms with Crippen LogP contribution in [0.25, 0.3) is 11.2 Å². The number of fused-ring (bicyclic) bond motifs is 1. The number of ether oxygens (including phenoxy) is 1. The average molecular weight is 422 g/mol. The molecular weight excluding hydrogens is 401 g/mol. The molecule has 2 heterocycles. The standard InChI is InChI=1S/C19H21F3N6O2/c1-10-8-13(30-19(20,21)22)6-7-14(10)26-18-27-16-15(23-9-24-16)17(28-18)25-11-2-4-12(29)5-3-11/h6-9,11-12,29H,2-5H2,1H3,(H3,23,24,25,26,27,28). The lowest BCUT2D eigenvalue weighted by Crippen LogP contribution is -2.28. The highest BCUT2D eigenvalue weighted by Crippen LogP contribution is 2.29. The van der Waals surface area contributed by atoms with Crippen molar-refractivity contribution >= 4 is 28.6 Å². The summed E-state index contributed by atoms with van der Waals surface area (Å²) in [6.45, 7) is 1.66. The van der Waals surface area contributed by atoms with Gasteiger partial charge < -0.3 is 25.5 Å². The molecule has 11 heteroatoms. The van der Waals surface area contributed by atoms with Gasteiger partial charge in [0.1, 0.15) is 11.3 Å². The minimum atomic E-state index is -4.74. The largest absolute Gasteiger partial charge is 0.573 e. The monoisotopic (exact) mass is 422 g/mol. The average Bonchev–Trinajstić information content (AvgIpc) is 3.13. The molecule has 0 bridgehead atoms. The minimum absolute atomic E-state index is 0.170. The van der Waals surface area contributed by atoms with Crippen LogP contribution in [0.3, 0.4) is 0 Å². The predicted octanol–water partition coefficient (Wildman–Crippen LogP) is 4.02. The fraction of sp³-hybridized carbons (Fsp3) is 0.421. The second kappa shape index (κ2) is 7.98. The molecule has 0 radical (unpaired) electrons. The maximum Gasteiger partial charge on any atom is 0.573 e. The molecule has 1 saturated carbocycles. The Kier molecular flexibility index (Phi) is 5.37. The summed E-state index contributed by atoms with van der Waals surface area (Å²) in [6.07, 6.45) is -0.382. The number of nitrogens with one attached hydrogen (secondary N) is 3. The molecule has 160 valence electrons. The lowest BCUT2D eigenvalue weighted by molar-refractivity contribution is -0.274. The number of hydrogen-bond acceptors (Lipinski definition) is 7. The number of nitrogens with zero attached hydrogens (tertiary/aromatic N) is 3. The van der Waals surface area contributed by atoms with Crippen molar-refractivity contribution in [1.82, 2.24) is 19.9 Å². The van der Waals surface area contributed by atoms with Crippen molar-refractivity contribution < 1.29 is 23.0 Å². The van der Waals surface area contributed by atoms with Gasteiger partial charge in [-0.15, -0.1) is 13.2 Å². The number of aliphatic hydroxyl groups is 1. The minimum Gasteiger partial charge on any atom is -0.406 e. The van der Waals surface area contributed by atoms with Crippen LogP contribution < -0.4 is 15.4 Å². The number of alkyl halides is 3. The summed E-state index contributed by atoms with van der Waals surface area (Å²) in [5.74, 6) is 0.549. The summed E-state index contributed by atoms with van der Waals surface area (Å²) in [5, 5.41) is 16.1. The molecule has 1 aliphatic carbocycles. The molecule has 0 unspecified atom stereocenters. The van der Waals surface area contributed by atoms with Gasteiger partial charge in [0.05, 0.1) is 12.4 Å². The topological polar surface area (TPSA) is 108 Å². The van der Waals surface area contributed by atoms with Crippen LogP contribution in [0.15, 0.2) is 24.5 Å². The molecule has 30 heavy (non-hydrogen) atoms. The van der Waals surface area contributed by atoms with Gasteiger partial charge in [0.2, 0.25) is 5.95 Å². The fourth-order valence-corrected chi connectivity index (χ4v) is 3.50. The van der Waals surface area contributed by atoms with Crippen molar-refractivity contribution in [3.8, 4) is 5.75 Å². The zero-order valence-corrected chi connectivity index (χ0v) is 16.1. The highest BCUT2D eigenvalue weighted by Gasteiger charge is 2.31. The molecule has 2 aromatic heterocycles. The Morgan fingerprint density at radius 2 is 1.93 bits per heavy atom. The van der Waals surface area contributed by atoms with Crippen LogP contribution in [-0.2, 0) is 0 Å². The van der Waals surface area contributed by atoms with E-state index in [0.29, 0.717) is 28.2 Å². The number of aromatic nitrogens is 4. The molecule has 1 fully saturated rings. The number of benzene rings is 1. The zero-order chi connectivity index (χ0) is 21.3. The summed E-state index contributed by atoms with van der Waals surface area (Å²) >= 11 is 0. The van der Waals surface area contributed by atoms with Crippen LogP contribution in [0, 0.1) is 6.92 Å². The molecule has 4 N–H and O–H groups in total. The van der Waals surface area contributed by atoms with Gasteiger partial charge in [-0.25, -0.2) is 4.98 Å². The molecule has 0 atom stereocenters. The van der Waals surface area contributed by atoms with E-state index in [-0.39, 0.29) is 23.8 Å². The molecule has 1 aliphatic rings. The third-order valence-corrected chi connectivity index (χ3v) is 5.00. The van der Waals surface area contributed by atoms with Crippen molar-refractivity contribution in [3.05, 3.63) is 30.1 Å². The van der Waals surface area contributed by atoms with E-state index in [9.17, 15) is 18.3 Å². The highest BCUT2D eigenvalue weighted by molar-refractivity contribution is 5.84. The second-order valence-electron chi connectivity index (χ2n) is 7.30. The normalized spacial score (nSPS) is 19.6. The Morgan fingerprint density at radius 3 is 2.63 bits per heavy atom. The van der Waals surface area contributed by atoms with E-state index in [4.69, 9.17) is 0 Å². The molecular formula is C19H21F3N6O2.